The molecule has 0 spiro atoms. The van der Waals surface area contributed by atoms with Crippen LogP contribution in [0.15, 0.2) is 70.2 Å². The molecule has 7 heteroatoms. The van der Waals surface area contributed by atoms with Gasteiger partial charge in [-0.05, 0) is 36.8 Å². The van der Waals surface area contributed by atoms with Gasteiger partial charge in [0.05, 0.1) is 16.3 Å². The number of rotatable bonds is 7. The predicted molar refractivity (Wildman–Crippen MR) is 136 cm³/mol. The molecular weight excluding hydrogens is 490 g/mol. The predicted octanol–water partition coefficient (Wildman–Crippen LogP) is 6.69. The standard InChI is InChI=1S/C24H22BrN3OS2/c1-2-3-7-14-27-23(29)21(31-24(27)30)15-18-16-28(20-8-5-4-6-9-20)26-22(18)17-10-12-19(25)13-11-17/h4-6,8-13,15-16H,2-3,7,14H2,1H3/b21-15-. The average Bonchev–Trinajstić information content (AvgIpc) is 3.31. The lowest BCUT2D eigenvalue weighted by molar-refractivity contribution is -0.122. The number of halogens is 1. The minimum Gasteiger partial charge on any atom is -0.293 e. The van der Waals surface area contributed by atoms with Crippen molar-refractivity contribution in [1.29, 1.82) is 0 Å². The Hall–Kier alpha value is -2.22. The van der Waals surface area contributed by atoms with Crippen molar-refractivity contribution < 1.29 is 4.79 Å². The summed E-state index contributed by atoms with van der Waals surface area (Å²) in [5.74, 6) is -0.0136. The van der Waals surface area contributed by atoms with Gasteiger partial charge >= 0.3 is 0 Å². The Morgan fingerprint density at radius 3 is 2.55 bits per heavy atom. The number of thioether (sulfide) groups is 1. The molecule has 4 nitrogen and oxygen atoms in total. The molecule has 0 N–H and O–H groups in total. The van der Waals surface area contributed by atoms with Crippen molar-refractivity contribution in [3.63, 3.8) is 0 Å². The zero-order valence-electron chi connectivity index (χ0n) is 17.1. The van der Waals surface area contributed by atoms with Gasteiger partial charge in [0.2, 0.25) is 0 Å². The minimum absolute atomic E-state index is 0.0136. The topological polar surface area (TPSA) is 38.1 Å². The van der Waals surface area contributed by atoms with E-state index in [1.54, 1.807) is 4.90 Å². The molecule has 2 heterocycles. The van der Waals surface area contributed by atoms with Crippen molar-refractivity contribution in [2.45, 2.75) is 26.2 Å². The van der Waals surface area contributed by atoms with Gasteiger partial charge in [0.1, 0.15) is 4.32 Å². The molecule has 31 heavy (non-hydrogen) atoms. The molecule has 0 unspecified atom stereocenters. The summed E-state index contributed by atoms with van der Waals surface area (Å²) in [7, 11) is 0. The maximum atomic E-state index is 13.0. The normalized spacial score (nSPS) is 15.3. The van der Waals surface area contributed by atoms with Crippen LogP contribution in [0.4, 0.5) is 0 Å². The van der Waals surface area contributed by atoms with Crippen molar-refractivity contribution in [3.05, 3.63) is 75.7 Å². The Morgan fingerprint density at radius 2 is 1.84 bits per heavy atom. The quantitative estimate of drug-likeness (QED) is 0.201. The summed E-state index contributed by atoms with van der Waals surface area (Å²) in [5, 5.41) is 4.84. The maximum absolute atomic E-state index is 13.0. The summed E-state index contributed by atoms with van der Waals surface area (Å²) < 4.78 is 3.49. The molecule has 1 aliphatic rings. The van der Waals surface area contributed by atoms with Gasteiger partial charge < -0.3 is 0 Å². The van der Waals surface area contributed by atoms with Gasteiger partial charge in [0, 0.05) is 28.3 Å². The number of aromatic nitrogens is 2. The van der Waals surface area contributed by atoms with Crippen LogP contribution in [-0.4, -0.2) is 31.5 Å². The number of hydrogen-bond acceptors (Lipinski definition) is 4. The fourth-order valence-corrected chi connectivity index (χ4v) is 4.96. The molecule has 0 aliphatic carbocycles. The highest BCUT2D eigenvalue weighted by atomic mass is 79.9. The highest BCUT2D eigenvalue weighted by molar-refractivity contribution is 9.10. The van der Waals surface area contributed by atoms with E-state index >= 15 is 0 Å². The Balaban J connectivity index is 1.71. The number of nitrogens with zero attached hydrogens (tertiary/aromatic N) is 3. The Labute approximate surface area is 200 Å². The molecule has 158 valence electrons. The second-order valence-corrected chi connectivity index (χ2v) is 9.85. The molecule has 1 aromatic heterocycles. The maximum Gasteiger partial charge on any atom is 0.266 e. The Kier molecular flexibility index (Phi) is 7.05. The molecule has 1 fully saturated rings. The lowest BCUT2D eigenvalue weighted by Gasteiger charge is -2.13. The number of para-hydroxylation sites is 1. The zero-order valence-corrected chi connectivity index (χ0v) is 20.3. The van der Waals surface area contributed by atoms with E-state index in [0.717, 1.165) is 46.2 Å². The molecule has 0 saturated carbocycles. The molecule has 1 amide bonds. The number of thiocarbonyl (C=S) groups is 1. The summed E-state index contributed by atoms with van der Waals surface area (Å²) in [6.07, 6.45) is 7.05. The van der Waals surface area contributed by atoms with Crippen molar-refractivity contribution in [2.24, 2.45) is 0 Å². The van der Waals surface area contributed by atoms with E-state index in [1.165, 1.54) is 11.8 Å². The number of carbonyl (C=O) groups is 1. The monoisotopic (exact) mass is 511 g/mol. The summed E-state index contributed by atoms with van der Waals surface area (Å²) in [4.78, 5) is 15.4. The second kappa shape index (κ2) is 9.94. The van der Waals surface area contributed by atoms with Crippen molar-refractivity contribution in [3.8, 4) is 16.9 Å². The summed E-state index contributed by atoms with van der Waals surface area (Å²) in [6, 6.07) is 18.0. The third-order valence-corrected chi connectivity index (χ3v) is 6.93. The molecule has 3 aromatic rings. The van der Waals surface area contributed by atoms with Crippen LogP contribution in [0.1, 0.15) is 31.7 Å². The number of hydrogen-bond donors (Lipinski definition) is 0. The van der Waals surface area contributed by atoms with E-state index in [1.807, 2.05) is 71.6 Å². The fraction of sp³-hybridized carbons (Fsp3) is 0.208. The van der Waals surface area contributed by atoms with Crippen LogP contribution in [0.2, 0.25) is 0 Å². The lowest BCUT2D eigenvalue weighted by atomic mass is 10.1. The molecule has 0 atom stereocenters. The van der Waals surface area contributed by atoms with Gasteiger partial charge in [0.15, 0.2) is 0 Å². The summed E-state index contributed by atoms with van der Waals surface area (Å²) >= 11 is 10.3. The van der Waals surface area contributed by atoms with E-state index in [9.17, 15) is 4.79 Å². The Morgan fingerprint density at radius 1 is 1.10 bits per heavy atom. The van der Waals surface area contributed by atoms with Crippen molar-refractivity contribution in [1.82, 2.24) is 14.7 Å². The van der Waals surface area contributed by atoms with Crippen LogP contribution in [0.5, 0.6) is 0 Å². The van der Waals surface area contributed by atoms with Crippen LogP contribution in [0.3, 0.4) is 0 Å². The molecule has 0 bridgehead atoms. The van der Waals surface area contributed by atoms with E-state index in [0.29, 0.717) is 15.8 Å². The molecular formula is C24H22BrN3OS2. The Bertz CT molecular complexity index is 1120. The largest absolute Gasteiger partial charge is 0.293 e. The van der Waals surface area contributed by atoms with E-state index < -0.39 is 0 Å². The number of carbonyl (C=O) groups excluding carboxylic acids is 1. The first-order chi connectivity index (χ1) is 15.1. The van der Waals surface area contributed by atoms with Crippen LogP contribution < -0.4 is 0 Å². The minimum atomic E-state index is -0.0136. The molecule has 4 rings (SSSR count). The highest BCUT2D eigenvalue weighted by Crippen LogP contribution is 2.35. The molecule has 1 aliphatic heterocycles. The number of amides is 1. The van der Waals surface area contributed by atoms with Gasteiger partial charge in [-0.25, -0.2) is 4.68 Å². The van der Waals surface area contributed by atoms with E-state index in [4.69, 9.17) is 17.3 Å². The third kappa shape index (κ3) is 5.00. The van der Waals surface area contributed by atoms with Gasteiger partial charge in [-0.2, -0.15) is 5.10 Å². The summed E-state index contributed by atoms with van der Waals surface area (Å²) in [5.41, 5.74) is 3.67. The highest BCUT2D eigenvalue weighted by Gasteiger charge is 2.31. The summed E-state index contributed by atoms with van der Waals surface area (Å²) in [6.45, 7) is 2.83. The van der Waals surface area contributed by atoms with E-state index in [-0.39, 0.29) is 5.91 Å². The zero-order chi connectivity index (χ0) is 21.8. The molecule has 2 aromatic carbocycles. The van der Waals surface area contributed by atoms with E-state index in [2.05, 4.69) is 22.9 Å². The first kappa shape index (κ1) is 22.0. The molecule has 0 radical (unpaired) electrons. The van der Waals surface area contributed by atoms with Crippen LogP contribution in [-0.2, 0) is 4.79 Å². The van der Waals surface area contributed by atoms with Crippen LogP contribution in [0.25, 0.3) is 23.0 Å². The smallest absolute Gasteiger partial charge is 0.266 e. The lowest BCUT2D eigenvalue weighted by Crippen LogP contribution is -2.28. The fourth-order valence-electron chi connectivity index (χ4n) is 3.39. The SMILES string of the molecule is CCCCCN1C(=O)/C(=C/c2cn(-c3ccccc3)nc2-c2ccc(Br)cc2)SC1=S. The molecule has 1 saturated heterocycles. The number of unbranched alkanes of at least 4 members (excludes halogenated alkanes) is 2. The van der Waals surface area contributed by atoms with Gasteiger partial charge in [-0.3, -0.25) is 9.69 Å². The second-order valence-electron chi connectivity index (χ2n) is 7.26. The van der Waals surface area contributed by atoms with Gasteiger partial charge in [-0.15, -0.1) is 0 Å². The first-order valence-electron chi connectivity index (χ1n) is 10.2. The average molecular weight is 512 g/mol. The van der Waals surface area contributed by atoms with Crippen molar-refractivity contribution >= 4 is 56.2 Å². The van der Waals surface area contributed by atoms with Gasteiger partial charge in [-0.1, -0.05) is 90.0 Å². The van der Waals surface area contributed by atoms with Crippen LogP contribution >= 0.6 is 39.9 Å². The van der Waals surface area contributed by atoms with Gasteiger partial charge in [0.25, 0.3) is 5.91 Å². The number of benzene rings is 2. The van der Waals surface area contributed by atoms with Crippen molar-refractivity contribution in [2.75, 3.05) is 6.54 Å². The first-order valence-corrected chi connectivity index (χ1v) is 12.2. The van der Waals surface area contributed by atoms with Crippen LogP contribution in [0, 0.1) is 0 Å². The third-order valence-electron chi connectivity index (χ3n) is 5.03.